The Bertz CT molecular complexity index is 1090. The van der Waals surface area contributed by atoms with Crippen molar-refractivity contribution in [3.8, 4) is 5.75 Å². The monoisotopic (exact) mass is 386 g/mol. The Hall–Kier alpha value is -3.93. The molecule has 0 aliphatic carbocycles. The summed E-state index contributed by atoms with van der Waals surface area (Å²) in [5.41, 5.74) is 2.48. The standard InChI is InChI=1S/C23H18N2O4/c1-29-20-12-5-4-11-19(20)24-21(26)16-8-6-7-15(13-16)14-25-22(27)17-9-2-3-10-18(17)23(25)28/h2-13H,14H2,1H3,(H,24,26). The van der Waals surface area contributed by atoms with Crippen molar-refractivity contribution in [3.05, 3.63) is 95.1 Å². The molecule has 0 saturated carbocycles. The second kappa shape index (κ2) is 7.59. The minimum absolute atomic E-state index is 0.0993. The van der Waals surface area contributed by atoms with Crippen molar-refractivity contribution in [2.75, 3.05) is 12.4 Å². The smallest absolute Gasteiger partial charge is 0.261 e. The van der Waals surface area contributed by atoms with Gasteiger partial charge < -0.3 is 10.1 Å². The van der Waals surface area contributed by atoms with Crippen LogP contribution >= 0.6 is 0 Å². The fraction of sp³-hybridized carbons (Fsp3) is 0.0870. The number of imide groups is 1. The van der Waals surface area contributed by atoms with Crippen LogP contribution in [0.3, 0.4) is 0 Å². The quantitative estimate of drug-likeness (QED) is 0.678. The Kier molecular flexibility index (Phi) is 4.83. The molecule has 0 atom stereocenters. The molecule has 3 aromatic rings. The number of hydrogen-bond acceptors (Lipinski definition) is 4. The lowest BCUT2D eigenvalue weighted by Gasteiger charge is -2.15. The highest BCUT2D eigenvalue weighted by Crippen LogP contribution is 2.26. The van der Waals surface area contributed by atoms with Crippen molar-refractivity contribution < 1.29 is 19.1 Å². The van der Waals surface area contributed by atoms with Crippen LogP contribution in [-0.2, 0) is 6.54 Å². The molecule has 0 unspecified atom stereocenters. The van der Waals surface area contributed by atoms with Gasteiger partial charge in [-0.1, -0.05) is 36.4 Å². The number of benzene rings is 3. The molecule has 1 N–H and O–H groups in total. The summed E-state index contributed by atoms with van der Waals surface area (Å²) in [6.45, 7) is 0.0993. The lowest BCUT2D eigenvalue weighted by atomic mass is 10.1. The molecule has 6 heteroatoms. The summed E-state index contributed by atoms with van der Waals surface area (Å²) in [6.07, 6.45) is 0. The first-order valence-electron chi connectivity index (χ1n) is 9.07. The maximum atomic E-state index is 12.7. The third kappa shape index (κ3) is 3.48. The van der Waals surface area contributed by atoms with E-state index < -0.39 is 0 Å². The lowest BCUT2D eigenvalue weighted by molar-refractivity contribution is 0.0642. The maximum absolute atomic E-state index is 12.7. The van der Waals surface area contributed by atoms with Crippen molar-refractivity contribution in [2.45, 2.75) is 6.54 Å². The Morgan fingerprint density at radius 1 is 0.897 bits per heavy atom. The topological polar surface area (TPSA) is 75.7 Å². The van der Waals surface area contributed by atoms with Gasteiger partial charge in [-0.2, -0.15) is 0 Å². The Morgan fingerprint density at radius 3 is 2.24 bits per heavy atom. The van der Waals surface area contributed by atoms with E-state index >= 15 is 0 Å². The molecule has 0 aromatic heterocycles. The summed E-state index contributed by atoms with van der Waals surface area (Å²) < 4.78 is 5.25. The van der Waals surface area contributed by atoms with Gasteiger partial charge in [0.1, 0.15) is 5.75 Å². The molecular weight excluding hydrogens is 368 g/mol. The van der Waals surface area contributed by atoms with E-state index in [0.29, 0.717) is 33.7 Å². The molecule has 1 aliphatic rings. The molecule has 0 fully saturated rings. The lowest BCUT2D eigenvalue weighted by Crippen LogP contribution is -2.29. The predicted molar refractivity (Wildman–Crippen MR) is 108 cm³/mol. The molecule has 0 saturated heterocycles. The van der Waals surface area contributed by atoms with Crippen LogP contribution in [-0.4, -0.2) is 29.7 Å². The molecule has 0 radical (unpaired) electrons. The number of amides is 3. The Labute approximate surface area is 167 Å². The first kappa shape index (κ1) is 18.4. The van der Waals surface area contributed by atoms with Gasteiger partial charge >= 0.3 is 0 Å². The highest BCUT2D eigenvalue weighted by atomic mass is 16.5. The summed E-state index contributed by atoms with van der Waals surface area (Å²) in [6, 6.07) is 20.7. The summed E-state index contributed by atoms with van der Waals surface area (Å²) >= 11 is 0. The number of para-hydroxylation sites is 2. The van der Waals surface area contributed by atoms with Gasteiger partial charge in [0, 0.05) is 5.56 Å². The van der Waals surface area contributed by atoms with E-state index in [0.717, 1.165) is 0 Å². The average molecular weight is 386 g/mol. The van der Waals surface area contributed by atoms with E-state index in [1.807, 2.05) is 6.07 Å². The maximum Gasteiger partial charge on any atom is 0.261 e. The third-order valence-electron chi connectivity index (χ3n) is 4.76. The molecule has 0 bridgehead atoms. The largest absolute Gasteiger partial charge is 0.495 e. The number of ether oxygens (including phenoxy) is 1. The first-order chi connectivity index (χ1) is 14.1. The van der Waals surface area contributed by atoms with E-state index in [1.165, 1.54) is 12.0 Å². The van der Waals surface area contributed by atoms with Gasteiger partial charge in [0.05, 0.1) is 30.5 Å². The number of anilines is 1. The van der Waals surface area contributed by atoms with Crippen LogP contribution in [0.4, 0.5) is 5.69 Å². The van der Waals surface area contributed by atoms with Crippen molar-refractivity contribution in [2.24, 2.45) is 0 Å². The normalized spacial score (nSPS) is 12.7. The van der Waals surface area contributed by atoms with Crippen molar-refractivity contribution in [1.82, 2.24) is 4.90 Å². The van der Waals surface area contributed by atoms with Crippen LogP contribution in [0.2, 0.25) is 0 Å². The summed E-state index contributed by atoms with van der Waals surface area (Å²) in [4.78, 5) is 39.0. The van der Waals surface area contributed by atoms with Crippen molar-refractivity contribution in [3.63, 3.8) is 0 Å². The van der Waals surface area contributed by atoms with E-state index in [-0.39, 0.29) is 24.3 Å². The average Bonchev–Trinajstić information content (AvgIpc) is 2.99. The highest BCUT2D eigenvalue weighted by molar-refractivity contribution is 6.21. The third-order valence-corrected chi connectivity index (χ3v) is 4.76. The molecular formula is C23H18N2O4. The summed E-state index contributed by atoms with van der Waals surface area (Å²) in [7, 11) is 1.54. The zero-order valence-electron chi connectivity index (χ0n) is 15.7. The van der Waals surface area contributed by atoms with Gasteiger partial charge in [-0.3, -0.25) is 19.3 Å². The van der Waals surface area contributed by atoms with Crippen LogP contribution in [0.5, 0.6) is 5.75 Å². The van der Waals surface area contributed by atoms with Gasteiger partial charge in [-0.05, 0) is 42.0 Å². The molecule has 29 heavy (non-hydrogen) atoms. The van der Waals surface area contributed by atoms with Crippen LogP contribution in [0.1, 0.15) is 36.6 Å². The number of carbonyl (C=O) groups is 3. The number of carbonyl (C=O) groups excluding carboxylic acids is 3. The van der Waals surface area contributed by atoms with E-state index in [9.17, 15) is 14.4 Å². The Balaban J connectivity index is 1.53. The summed E-state index contributed by atoms with van der Waals surface area (Å²) in [5, 5.41) is 2.82. The van der Waals surface area contributed by atoms with Crippen LogP contribution in [0.25, 0.3) is 0 Å². The van der Waals surface area contributed by atoms with E-state index in [2.05, 4.69) is 5.32 Å². The minimum atomic E-state index is -0.325. The molecule has 4 rings (SSSR count). The molecule has 1 aliphatic heterocycles. The summed E-state index contributed by atoms with van der Waals surface area (Å²) in [5.74, 6) is -0.398. The SMILES string of the molecule is COc1ccccc1NC(=O)c1cccc(CN2C(=O)c3ccccc3C2=O)c1. The molecule has 6 nitrogen and oxygen atoms in total. The van der Waals surface area contributed by atoms with Gasteiger partial charge in [0.15, 0.2) is 0 Å². The minimum Gasteiger partial charge on any atom is -0.495 e. The number of nitrogens with one attached hydrogen (secondary N) is 1. The molecule has 144 valence electrons. The molecule has 1 heterocycles. The number of rotatable bonds is 5. The zero-order chi connectivity index (χ0) is 20.4. The number of methoxy groups -OCH3 is 1. The second-order valence-corrected chi connectivity index (χ2v) is 6.60. The molecule has 3 amide bonds. The molecule has 3 aromatic carbocycles. The van der Waals surface area contributed by atoms with Crippen molar-refractivity contribution in [1.29, 1.82) is 0 Å². The van der Waals surface area contributed by atoms with Crippen LogP contribution in [0.15, 0.2) is 72.8 Å². The van der Waals surface area contributed by atoms with Crippen LogP contribution in [0, 0.1) is 0 Å². The fourth-order valence-electron chi connectivity index (χ4n) is 3.32. The molecule has 0 spiro atoms. The fourth-order valence-corrected chi connectivity index (χ4v) is 3.32. The van der Waals surface area contributed by atoms with Gasteiger partial charge in [-0.15, -0.1) is 0 Å². The Morgan fingerprint density at radius 2 is 1.55 bits per heavy atom. The van der Waals surface area contributed by atoms with Gasteiger partial charge in [-0.25, -0.2) is 0 Å². The van der Waals surface area contributed by atoms with Crippen LogP contribution < -0.4 is 10.1 Å². The van der Waals surface area contributed by atoms with Crippen molar-refractivity contribution >= 4 is 23.4 Å². The second-order valence-electron chi connectivity index (χ2n) is 6.60. The number of hydrogen-bond donors (Lipinski definition) is 1. The zero-order valence-corrected chi connectivity index (χ0v) is 15.7. The van der Waals surface area contributed by atoms with E-state index in [4.69, 9.17) is 4.74 Å². The predicted octanol–water partition coefficient (Wildman–Crippen LogP) is 3.74. The highest BCUT2D eigenvalue weighted by Gasteiger charge is 2.34. The van der Waals surface area contributed by atoms with E-state index in [1.54, 1.807) is 66.7 Å². The number of nitrogens with zero attached hydrogens (tertiary/aromatic N) is 1. The first-order valence-corrected chi connectivity index (χ1v) is 9.07. The van der Waals surface area contributed by atoms with Gasteiger partial charge in [0.2, 0.25) is 0 Å². The van der Waals surface area contributed by atoms with Gasteiger partial charge in [0.25, 0.3) is 17.7 Å². The number of fused-ring (bicyclic) bond motifs is 1.